The van der Waals surface area contributed by atoms with Crippen LogP contribution in [0.3, 0.4) is 0 Å². The molecule has 0 atom stereocenters. The summed E-state index contributed by atoms with van der Waals surface area (Å²) in [5, 5.41) is 3.44. The molecular weight excluding hydrogens is 337 g/mol. The lowest BCUT2D eigenvalue weighted by Crippen LogP contribution is -2.01. The highest BCUT2D eigenvalue weighted by atomic mass is 127. The second-order valence-electron chi connectivity index (χ2n) is 3.91. The van der Waals surface area contributed by atoms with Gasteiger partial charge in [0, 0.05) is 15.8 Å². The molecule has 2 rings (SSSR count). The topological polar surface area (TPSA) is 21.3 Å². The molecule has 1 N–H and O–H groups in total. The molecule has 0 saturated carbocycles. The van der Waals surface area contributed by atoms with Crippen LogP contribution in [0.1, 0.15) is 12.5 Å². The fourth-order valence-electron chi connectivity index (χ4n) is 1.71. The Labute approximate surface area is 122 Å². The molecule has 3 heteroatoms. The zero-order chi connectivity index (χ0) is 12.8. The molecule has 0 radical (unpaired) electrons. The molecule has 94 valence electrons. The Bertz CT molecular complexity index is 513. The van der Waals surface area contributed by atoms with Gasteiger partial charge in [0.05, 0.1) is 6.61 Å². The number of rotatable bonds is 5. The Morgan fingerprint density at radius 1 is 1.11 bits per heavy atom. The zero-order valence-electron chi connectivity index (χ0n) is 10.3. The van der Waals surface area contributed by atoms with Crippen molar-refractivity contribution in [2.24, 2.45) is 0 Å². The Balaban J connectivity index is 2.02. The number of ether oxygens (including phenoxy) is 1. The highest BCUT2D eigenvalue weighted by Gasteiger charge is 1.99. The van der Waals surface area contributed by atoms with E-state index in [1.807, 2.05) is 31.2 Å². The molecule has 2 nitrogen and oxygen atoms in total. The maximum atomic E-state index is 5.49. The van der Waals surface area contributed by atoms with Gasteiger partial charge in [-0.1, -0.05) is 24.3 Å². The molecular formula is C15H16INO. The Morgan fingerprint density at radius 2 is 1.94 bits per heavy atom. The zero-order valence-corrected chi connectivity index (χ0v) is 12.5. The molecule has 0 bridgehead atoms. The van der Waals surface area contributed by atoms with Crippen LogP contribution in [0.4, 0.5) is 5.69 Å². The predicted octanol–water partition coefficient (Wildman–Crippen LogP) is 4.30. The van der Waals surface area contributed by atoms with E-state index in [4.69, 9.17) is 4.74 Å². The Hall–Kier alpha value is -1.23. The van der Waals surface area contributed by atoms with Crippen LogP contribution >= 0.6 is 22.6 Å². The van der Waals surface area contributed by atoms with Gasteiger partial charge in [-0.2, -0.15) is 0 Å². The van der Waals surface area contributed by atoms with Crippen molar-refractivity contribution in [3.05, 3.63) is 57.7 Å². The van der Waals surface area contributed by atoms with Crippen LogP contribution in [0.5, 0.6) is 5.75 Å². The first-order chi connectivity index (χ1) is 8.79. The van der Waals surface area contributed by atoms with Gasteiger partial charge in [-0.05, 0) is 59.3 Å². The number of hydrogen-bond acceptors (Lipinski definition) is 2. The van der Waals surface area contributed by atoms with Crippen molar-refractivity contribution in [3.63, 3.8) is 0 Å². The van der Waals surface area contributed by atoms with Crippen molar-refractivity contribution >= 4 is 28.3 Å². The summed E-state index contributed by atoms with van der Waals surface area (Å²) in [6.45, 7) is 3.51. The van der Waals surface area contributed by atoms with Gasteiger partial charge in [0.1, 0.15) is 5.75 Å². The minimum absolute atomic E-state index is 0.702. The van der Waals surface area contributed by atoms with Crippen molar-refractivity contribution in [2.75, 3.05) is 11.9 Å². The molecule has 18 heavy (non-hydrogen) atoms. The second-order valence-corrected chi connectivity index (χ2v) is 5.08. The molecule has 0 heterocycles. The maximum Gasteiger partial charge on any atom is 0.119 e. The van der Waals surface area contributed by atoms with Gasteiger partial charge in [-0.3, -0.25) is 0 Å². The van der Waals surface area contributed by atoms with Crippen LogP contribution in [0.15, 0.2) is 48.5 Å². The normalized spacial score (nSPS) is 10.1. The Kier molecular flexibility index (Phi) is 4.87. The molecule has 2 aromatic rings. The van der Waals surface area contributed by atoms with E-state index >= 15 is 0 Å². The quantitative estimate of drug-likeness (QED) is 0.810. The average Bonchev–Trinajstić information content (AvgIpc) is 2.39. The van der Waals surface area contributed by atoms with Crippen LogP contribution in [-0.2, 0) is 6.54 Å². The first-order valence-electron chi connectivity index (χ1n) is 5.99. The fourth-order valence-corrected chi connectivity index (χ4v) is 2.29. The van der Waals surface area contributed by atoms with Gasteiger partial charge in [0.2, 0.25) is 0 Å². The number of halogens is 1. The number of hydrogen-bond donors (Lipinski definition) is 1. The SMILES string of the molecule is CCOc1cccc(CNc2ccccc2I)c1. The summed E-state index contributed by atoms with van der Waals surface area (Å²) in [5.41, 5.74) is 2.39. The van der Waals surface area contributed by atoms with E-state index in [-0.39, 0.29) is 0 Å². The van der Waals surface area contributed by atoms with E-state index in [2.05, 4.69) is 52.2 Å². The van der Waals surface area contributed by atoms with Crippen LogP contribution in [-0.4, -0.2) is 6.61 Å². The van der Waals surface area contributed by atoms with Crippen molar-refractivity contribution in [3.8, 4) is 5.75 Å². The second kappa shape index (κ2) is 6.64. The lowest BCUT2D eigenvalue weighted by Gasteiger charge is -2.10. The molecule has 0 saturated heterocycles. The molecule has 0 unspecified atom stereocenters. The Morgan fingerprint density at radius 3 is 2.72 bits per heavy atom. The van der Waals surface area contributed by atoms with E-state index in [0.29, 0.717) is 6.61 Å². The number of anilines is 1. The van der Waals surface area contributed by atoms with E-state index in [9.17, 15) is 0 Å². The fraction of sp³-hybridized carbons (Fsp3) is 0.200. The molecule has 0 aromatic heterocycles. The molecule has 0 spiro atoms. The first kappa shape index (κ1) is 13.2. The van der Waals surface area contributed by atoms with E-state index in [0.717, 1.165) is 12.3 Å². The highest BCUT2D eigenvalue weighted by molar-refractivity contribution is 14.1. The van der Waals surface area contributed by atoms with Crippen LogP contribution in [0, 0.1) is 3.57 Å². The minimum Gasteiger partial charge on any atom is -0.494 e. The summed E-state index contributed by atoms with van der Waals surface area (Å²) in [6.07, 6.45) is 0. The number of benzene rings is 2. The van der Waals surface area contributed by atoms with Crippen molar-refractivity contribution in [1.82, 2.24) is 0 Å². The lowest BCUT2D eigenvalue weighted by atomic mass is 10.2. The van der Waals surface area contributed by atoms with Gasteiger partial charge in [0.25, 0.3) is 0 Å². The summed E-state index contributed by atoms with van der Waals surface area (Å²) >= 11 is 2.34. The summed E-state index contributed by atoms with van der Waals surface area (Å²) < 4.78 is 6.73. The largest absolute Gasteiger partial charge is 0.494 e. The van der Waals surface area contributed by atoms with Crippen molar-refractivity contribution in [2.45, 2.75) is 13.5 Å². The number of para-hydroxylation sites is 1. The first-order valence-corrected chi connectivity index (χ1v) is 7.07. The van der Waals surface area contributed by atoms with Crippen molar-refractivity contribution < 1.29 is 4.74 Å². The van der Waals surface area contributed by atoms with Crippen LogP contribution in [0.2, 0.25) is 0 Å². The molecule has 2 aromatic carbocycles. The van der Waals surface area contributed by atoms with Gasteiger partial charge in [-0.25, -0.2) is 0 Å². The minimum atomic E-state index is 0.702. The van der Waals surface area contributed by atoms with E-state index in [1.54, 1.807) is 0 Å². The van der Waals surface area contributed by atoms with Gasteiger partial charge < -0.3 is 10.1 Å². The van der Waals surface area contributed by atoms with Crippen LogP contribution < -0.4 is 10.1 Å². The lowest BCUT2D eigenvalue weighted by molar-refractivity contribution is 0.340. The molecule has 0 fully saturated rings. The molecule has 0 amide bonds. The predicted molar refractivity (Wildman–Crippen MR) is 84.1 cm³/mol. The third-order valence-corrected chi connectivity index (χ3v) is 3.51. The average molecular weight is 353 g/mol. The summed E-state index contributed by atoms with van der Waals surface area (Å²) in [5.74, 6) is 0.930. The number of nitrogens with one attached hydrogen (secondary N) is 1. The highest BCUT2D eigenvalue weighted by Crippen LogP contribution is 2.19. The van der Waals surface area contributed by atoms with Gasteiger partial charge in [0.15, 0.2) is 0 Å². The van der Waals surface area contributed by atoms with Crippen LogP contribution in [0.25, 0.3) is 0 Å². The molecule has 0 aliphatic heterocycles. The molecule has 0 aliphatic rings. The van der Waals surface area contributed by atoms with E-state index in [1.165, 1.54) is 14.8 Å². The third-order valence-electron chi connectivity index (χ3n) is 2.57. The monoisotopic (exact) mass is 353 g/mol. The summed E-state index contributed by atoms with van der Waals surface area (Å²) in [6, 6.07) is 16.5. The smallest absolute Gasteiger partial charge is 0.119 e. The standard InChI is InChI=1S/C15H16INO/c1-2-18-13-7-5-6-12(10-13)11-17-15-9-4-3-8-14(15)16/h3-10,17H,2,11H2,1H3. The van der Waals surface area contributed by atoms with Crippen molar-refractivity contribution in [1.29, 1.82) is 0 Å². The van der Waals surface area contributed by atoms with Gasteiger partial charge in [-0.15, -0.1) is 0 Å². The molecule has 0 aliphatic carbocycles. The summed E-state index contributed by atoms with van der Waals surface area (Å²) in [7, 11) is 0. The van der Waals surface area contributed by atoms with E-state index < -0.39 is 0 Å². The third kappa shape index (κ3) is 3.63. The summed E-state index contributed by atoms with van der Waals surface area (Å²) in [4.78, 5) is 0. The maximum absolute atomic E-state index is 5.49. The van der Waals surface area contributed by atoms with Gasteiger partial charge >= 0.3 is 0 Å².